The summed E-state index contributed by atoms with van der Waals surface area (Å²) in [7, 11) is 0. The molecule has 1 fully saturated rings. The molecule has 1 saturated heterocycles. The van der Waals surface area contributed by atoms with Crippen LogP contribution in [-0.2, 0) is 4.79 Å². The predicted molar refractivity (Wildman–Crippen MR) is 64.8 cm³/mol. The summed E-state index contributed by atoms with van der Waals surface area (Å²) in [6.07, 6.45) is 2.95. The quantitative estimate of drug-likeness (QED) is 0.788. The normalized spacial score (nSPS) is 21.6. The van der Waals surface area contributed by atoms with Crippen LogP contribution in [0.5, 0.6) is 0 Å². The highest BCUT2D eigenvalue weighted by molar-refractivity contribution is 5.83. The van der Waals surface area contributed by atoms with E-state index < -0.39 is 12.0 Å². The number of nitrogens with zero attached hydrogens (tertiary/aromatic N) is 1. The molecule has 0 spiro atoms. The van der Waals surface area contributed by atoms with Gasteiger partial charge >= 0.3 is 12.0 Å². The lowest BCUT2D eigenvalue weighted by Crippen LogP contribution is -2.51. The molecule has 0 aliphatic carbocycles. The fourth-order valence-corrected chi connectivity index (χ4v) is 2.26. The lowest BCUT2D eigenvalue weighted by atomic mass is 10.1. The van der Waals surface area contributed by atoms with Crippen molar-refractivity contribution in [2.45, 2.75) is 52.1 Å². The van der Waals surface area contributed by atoms with Crippen LogP contribution in [0.3, 0.4) is 0 Å². The first-order valence-corrected chi connectivity index (χ1v) is 6.27. The average Bonchev–Trinajstić information content (AvgIpc) is 2.72. The van der Waals surface area contributed by atoms with E-state index in [4.69, 9.17) is 5.11 Å². The summed E-state index contributed by atoms with van der Waals surface area (Å²) in [5, 5.41) is 11.6. The number of urea groups is 1. The molecule has 0 aromatic heterocycles. The first-order valence-electron chi connectivity index (χ1n) is 6.27. The summed E-state index contributed by atoms with van der Waals surface area (Å²) in [5.41, 5.74) is 0. The molecule has 0 bridgehead atoms. The number of nitrogens with one attached hydrogen (secondary N) is 1. The van der Waals surface area contributed by atoms with Gasteiger partial charge in [0.25, 0.3) is 0 Å². The van der Waals surface area contributed by atoms with E-state index in [0.717, 1.165) is 25.8 Å². The van der Waals surface area contributed by atoms with Gasteiger partial charge in [0.1, 0.15) is 6.04 Å². The van der Waals surface area contributed by atoms with Crippen molar-refractivity contribution in [2.24, 2.45) is 5.92 Å². The van der Waals surface area contributed by atoms with Crippen LogP contribution in [0.25, 0.3) is 0 Å². The third-order valence-electron chi connectivity index (χ3n) is 3.32. The second-order valence-corrected chi connectivity index (χ2v) is 4.91. The summed E-state index contributed by atoms with van der Waals surface area (Å²) in [5.74, 6) is -1.08. The van der Waals surface area contributed by atoms with Crippen LogP contribution in [0.1, 0.15) is 40.0 Å². The maximum absolute atomic E-state index is 12.0. The van der Waals surface area contributed by atoms with E-state index in [0.29, 0.717) is 0 Å². The van der Waals surface area contributed by atoms with Gasteiger partial charge in [0.15, 0.2) is 0 Å². The van der Waals surface area contributed by atoms with Gasteiger partial charge in [-0.3, -0.25) is 0 Å². The van der Waals surface area contributed by atoms with E-state index >= 15 is 0 Å². The highest BCUT2D eigenvalue weighted by atomic mass is 16.4. The Kier molecular flexibility index (Phi) is 4.78. The van der Waals surface area contributed by atoms with Gasteiger partial charge < -0.3 is 15.3 Å². The molecule has 2 atom stereocenters. The number of hydrogen-bond acceptors (Lipinski definition) is 2. The molecule has 1 aliphatic heterocycles. The van der Waals surface area contributed by atoms with Crippen molar-refractivity contribution in [1.82, 2.24) is 10.2 Å². The number of carbonyl (C=O) groups is 2. The number of amides is 2. The number of carbonyl (C=O) groups excluding carboxylic acids is 1. The Balaban J connectivity index is 2.61. The van der Waals surface area contributed by atoms with Gasteiger partial charge in [0.05, 0.1) is 0 Å². The Hall–Kier alpha value is -1.26. The van der Waals surface area contributed by atoms with Crippen LogP contribution in [0.2, 0.25) is 0 Å². The Morgan fingerprint density at radius 1 is 1.47 bits per heavy atom. The molecule has 0 aromatic carbocycles. The molecule has 98 valence electrons. The van der Waals surface area contributed by atoms with Crippen LogP contribution >= 0.6 is 0 Å². The molecule has 0 aromatic rings. The van der Waals surface area contributed by atoms with E-state index in [1.165, 1.54) is 0 Å². The van der Waals surface area contributed by atoms with E-state index in [-0.39, 0.29) is 18.0 Å². The number of carboxylic acid groups (broad SMARTS) is 1. The number of likely N-dealkylation sites (tertiary alicyclic amines) is 1. The average molecular weight is 242 g/mol. The summed E-state index contributed by atoms with van der Waals surface area (Å²) in [6, 6.07) is -0.785. The minimum Gasteiger partial charge on any atom is -0.480 e. The zero-order chi connectivity index (χ0) is 13.0. The Morgan fingerprint density at radius 2 is 2.12 bits per heavy atom. The topological polar surface area (TPSA) is 69.6 Å². The number of rotatable bonds is 4. The van der Waals surface area contributed by atoms with Crippen LogP contribution in [0, 0.1) is 5.92 Å². The molecule has 0 radical (unpaired) electrons. The molecule has 2 N–H and O–H groups in total. The van der Waals surface area contributed by atoms with E-state index in [9.17, 15) is 9.59 Å². The van der Waals surface area contributed by atoms with Crippen LogP contribution in [-0.4, -0.2) is 40.6 Å². The zero-order valence-corrected chi connectivity index (χ0v) is 10.8. The van der Waals surface area contributed by atoms with Crippen molar-refractivity contribution in [3.8, 4) is 0 Å². The van der Waals surface area contributed by atoms with Gasteiger partial charge in [0, 0.05) is 12.6 Å². The van der Waals surface area contributed by atoms with Crippen molar-refractivity contribution in [1.29, 1.82) is 0 Å². The molecule has 5 heteroatoms. The molecule has 0 saturated carbocycles. The molecule has 5 nitrogen and oxygen atoms in total. The largest absolute Gasteiger partial charge is 0.480 e. The maximum atomic E-state index is 12.0. The fourth-order valence-electron chi connectivity index (χ4n) is 2.26. The van der Waals surface area contributed by atoms with Gasteiger partial charge in [-0.05, 0) is 25.2 Å². The molecule has 1 unspecified atom stereocenters. The highest BCUT2D eigenvalue weighted by Crippen LogP contribution is 2.20. The van der Waals surface area contributed by atoms with Gasteiger partial charge in [-0.2, -0.15) is 0 Å². The monoisotopic (exact) mass is 242 g/mol. The van der Waals surface area contributed by atoms with Crippen molar-refractivity contribution < 1.29 is 14.7 Å². The van der Waals surface area contributed by atoms with Gasteiger partial charge in [-0.1, -0.05) is 20.8 Å². The Bertz CT molecular complexity index is 291. The molecule has 17 heavy (non-hydrogen) atoms. The predicted octanol–water partition coefficient (Wildman–Crippen LogP) is 1.68. The Labute approximate surface area is 102 Å². The maximum Gasteiger partial charge on any atom is 0.326 e. The molecule has 2 amide bonds. The zero-order valence-electron chi connectivity index (χ0n) is 10.8. The first-order chi connectivity index (χ1) is 7.97. The summed E-state index contributed by atoms with van der Waals surface area (Å²) >= 11 is 0. The van der Waals surface area contributed by atoms with Crippen molar-refractivity contribution >= 4 is 12.0 Å². The molecule has 1 rings (SSSR count). The summed E-state index contributed by atoms with van der Waals surface area (Å²) in [4.78, 5) is 24.8. The second-order valence-electron chi connectivity index (χ2n) is 4.91. The second kappa shape index (κ2) is 5.89. The number of aliphatic carboxylic acids is 1. The number of carboxylic acids is 1. The SMILES string of the molecule is CCC1CCCN1C(=O)N[C@H](C(=O)O)C(C)C. The van der Waals surface area contributed by atoms with E-state index in [2.05, 4.69) is 5.32 Å². The van der Waals surface area contributed by atoms with Crippen LogP contribution in [0.15, 0.2) is 0 Å². The molecular weight excluding hydrogens is 220 g/mol. The van der Waals surface area contributed by atoms with Gasteiger partial charge in [-0.15, -0.1) is 0 Å². The van der Waals surface area contributed by atoms with Gasteiger partial charge in [0.2, 0.25) is 0 Å². The molecule has 1 aliphatic rings. The van der Waals surface area contributed by atoms with Crippen molar-refractivity contribution in [3.05, 3.63) is 0 Å². The minimum absolute atomic E-state index is 0.112. The smallest absolute Gasteiger partial charge is 0.326 e. The summed E-state index contributed by atoms with van der Waals surface area (Å²) in [6.45, 7) is 6.36. The molecular formula is C12H22N2O3. The third-order valence-corrected chi connectivity index (χ3v) is 3.32. The minimum atomic E-state index is -0.972. The lowest BCUT2D eigenvalue weighted by molar-refractivity contribution is -0.140. The van der Waals surface area contributed by atoms with Crippen molar-refractivity contribution in [3.63, 3.8) is 0 Å². The fraction of sp³-hybridized carbons (Fsp3) is 0.833. The van der Waals surface area contributed by atoms with Crippen molar-refractivity contribution in [2.75, 3.05) is 6.54 Å². The first kappa shape index (κ1) is 13.8. The number of hydrogen-bond donors (Lipinski definition) is 2. The summed E-state index contributed by atoms with van der Waals surface area (Å²) < 4.78 is 0. The van der Waals surface area contributed by atoms with Gasteiger partial charge in [-0.25, -0.2) is 9.59 Å². The standard InChI is InChI=1S/C12H22N2O3/c1-4-9-6-5-7-14(9)12(17)13-10(8(2)3)11(15)16/h8-10H,4-7H2,1-3H3,(H,13,17)(H,15,16)/t9?,10-/m0/s1. The molecule has 1 heterocycles. The van der Waals surface area contributed by atoms with E-state index in [1.54, 1.807) is 18.7 Å². The van der Waals surface area contributed by atoms with E-state index in [1.807, 2.05) is 6.92 Å². The van der Waals surface area contributed by atoms with Crippen LogP contribution in [0.4, 0.5) is 4.79 Å². The lowest BCUT2D eigenvalue weighted by Gasteiger charge is -2.27. The highest BCUT2D eigenvalue weighted by Gasteiger charge is 2.31. The Morgan fingerprint density at radius 3 is 2.59 bits per heavy atom. The van der Waals surface area contributed by atoms with Crippen LogP contribution < -0.4 is 5.32 Å². The third kappa shape index (κ3) is 3.35.